The maximum atomic E-state index is 12.9. The van der Waals surface area contributed by atoms with Crippen molar-refractivity contribution in [1.82, 2.24) is 0 Å². The smallest absolute Gasteiger partial charge is 0.306 e. The van der Waals surface area contributed by atoms with Crippen LogP contribution in [-0.4, -0.2) is 35.0 Å². The van der Waals surface area contributed by atoms with Gasteiger partial charge < -0.3 is 14.6 Å². The van der Waals surface area contributed by atoms with E-state index in [1.165, 1.54) is 16.7 Å². The molecule has 1 fully saturated rings. The Labute approximate surface area is 171 Å². The van der Waals surface area contributed by atoms with E-state index in [0.29, 0.717) is 32.0 Å². The van der Waals surface area contributed by atoms with E-state index in [4.69, 9.17) is 26.8 Å². The third-order valence-corrected chi connectivity index (χ3v) is 5.19. The molecule has 0 aromatic heterocycles. The minimum absolute atomic E-state index is 0.0466. The summed E-state index contributed by atoms with van der Waals surface area (Å²) < 4.78 is 11.2. The predicted octanol–water partition coefficient (Wildman–Crippen LogP) is 3.95. The van der Waals surface area contributed by atoms with Crippen molar-refractivity contribution in [2.45, 2.75) is 6.42 Å². The Morgan fingerprint density at radius 3 is 2.79 bits per heavy atom. The van der Waals surface area contributed by atoms with Gasteiger partial charge in [0.15, 0.2) is 4.32 Å². The molecule has 8 heteroatoms. The molecule has 2 aromatic rings. The maximum Gasteiger partial charge on any atom is 0.306 e. The van der Waals surface area contributed by atoms with Crippen molar-refractivity contribution in [1.29, 1.82) is 0 Å². The number of carbonyl (C=O) groups is 2. The number of anilines is 1. The molecule has 0 saturated carbocycles. The first-order valence-electron chi connectivity index (χ1n) is 8.35. The molecule has 1 heterocycles. The average Bonchev–Trinajstić information content (AvgIpc) is 2.96. The van der Waals surface area contributed by atoms with Crippen LogP contribution in [-0.2, 0) is 9.59 Å². The van der Waals surface area contributed by atoms with Crippen LogP contribution in [0.15, 0.2) is 53.4 Å². The molecule has 0 bridgehead atoms. The van der Waals surface area contributed by atoms with E-state index in [1.807, 2.05) is 6.07 Å². The summed E-state index contributed by atoms with van der Waals surface area (Å²) in [6.07, 6.45) is 1.60. The van der Waals surface area contributed by atoms with Crippen molar-refractivity contribution >= 4 is 51.9 Å². The van der Waals surface area contributed by atoms with E-state index < -0.39 is 5.97 Å². The van der Waals surface area contributed by atoms with Gasteiger partial charge in [0, 0.05) is 11.6 Å². The second-order valence-electron chi connectivity index (χ2n) is 5.75. The van der Waals surface area contributed by atoms with Gasteiger partial charge in [-0.2, -0.15) is 0 Å². The van der Waals surface area contributed by atoms with Crippen LogP contribution in [0.4, 0.5) is 5.69 Å². The van der Waals surface area contributed by atoms with Gasteiger partial charge >= 0.3 is 5.97 Å². The van der Waals surface area contributed by atoms with Crippen LogP contribution < -0.4 is 14.4 Å². The molecule has 0 unspecified atom stereocenters. The van der Waals surface area contributed by atoms with E-state index in [-0.39, 0.29) is 18.9 Å². The second kappa shape index (κ2) is 8.90. The number of thiocarbonyl (C=S) groups is 1. The quantitative estimate of drug-likeness (QED) is 0.542. The summed E-state index contributed by atoms with van der Waals surface area (Å²) in [7, 11) is 1.56. The third kappa shape index (κ3) is 4.52. The number of amides is 1. The van der Waals surface area contributed by atoms with Gasteiger partial charge in [-0.05, 0) is 24.3 Å². The largest absolute Gasteiger partial charge is 0.497 e. The monoisotopic (exact) mass is 415 g/mol. The van der Waals surface area contributed by atoms with Gasteiger partial charge in [-0.25, -0.2) is 0 Å². The van der Waals surface area contributed by atoms with E-state index in [0.717, 1.165) is 0 Å². The summed E-state index contributed by atoms with van der Waals surface area (Å²) in [5.41, 5.74) is 1.32. The van der Waals surface area contributed by atoms with Gasteiger partial charge in [0.25, 0.3) is 5.91 Å². The van der Waals surface area contributed by atoms with Crippen LogP contribution in [0.25, 0.3) is 6.08 Å². The molecule has 144 valence electrons. The number of carboxylic acid groups (broad SMARTS) is 1. The number of ether oxygens (including phenoxy) is 2. The number of carbonyl (C=O) groups excluding carboxylic acids is 1. The predicted molar refractivity (Wildman–Crippen MR) is 113 cm³/mol. The van der Waals surface area contributed by atoms with Crippen LogP contribution in [0.1, 0.15) is 12.0 Å². The lowest BCUT2D eigenvalue weighted by molar-refractivity contribution is -0.137. The summed E-state index contributed by atoms with van der Waals surface area (Å²) in [6, 6.07) is 14.3. The Bertz CT molecular complexity index is 957. The maximum absolute atomic E-state index is 12.9. The summed E-state index contributed by atoms with van der Waals surface area (Å²) in [5.74, 6) is -0.0247. The lowest BCUT2D eigenvalue weighted by Crippen LogP contribution is -2.27. The minimum atomic E-state index is -0.934. The molecule has 0 aliphatic carbocycles. The molecule has 0 spiro atoms. The fraction of sp³-hybridized carbons (Fsp3) is 0.150. The van der Waals surface area contributed by atoms with Crippen molar-refractivity contribution < 1.29 is 24.2 Å². The van der Waals surface area contributed by atoms with Crippen LogP contribution in [0, 0.1) is 0 Å². The standard InChI is InChI=1S/C20H17NO5S2/c1-25-15-7-4-6-14(12-15)21-19(24)17(28-20(21)27)11-13-5-2-3-8-16(13)26-10-9-18(22)23/h2-8,11-12H,9-10H2,1H3,(H,22,23)/b17-11+. The highest BCUT2D eigenvalue weighted by Gasteiger charge is 2.33. The highest BCUT2D eigenvalue weighted by atomic mass is 32.2. The molecule has 0 atom stereocenters. The number of benzene rings is 2. The normalized spacial score (nSPS) is 15.2. The molecular formula is C20H17NO5S2. The van der Waals surface area contributed by atoms with E-state index >= 15 is 0 Å². The van der Waals surface area contributed by atoms with Gasteiger partial charge in [0.2, 0.25) is 0 Å². The van der Waals surface area contributed by atoms with Gasteiger partial charge in [-0.15, -0.1) is 0 Å². The first-order chi connectivity index (χ1) is 13.5. The zero-order chi connectivity index (χ0) is 20.1. The number of rotatable bonds is 7. The highest BCUT2D eigenvalue weighted by Crippen LogP contribution is 2.37. The Morgan fingerprint density at radius 1 is 1.25 bits per heavy atom. The second-order valence-corrected chi connectivity index (χ2v) is 7.42. The summed E-state index contributed by atoms with van der Waals surface area (Å²) >= 11 is 6.59. The number of para-hydroxylation sites is 1. The van der Waals surface area contributed by atoms with Crippen LogP contribution in [0.2, 0.25) is 0 Å². The van der Waals surface area contributed by atoms with Gasteiger partial charge in [-0.1, -0.05) is 48.2 Å². The molecule has 28 heavy (non-hydrogen) atoms. The first kappa shape index (κ1) is 19.9. The molecule has 1 aliphatic rings. The number of aliphatic carboxylic acids is 1. The van der Waals surface area contributed by atoms with Crippen LogP contribution in [0.5, 0.6) is 11.5 Å². The van der Waals surface area contributed by atoms with Crippen LogP contribution in [0.3, 0.4) is 0 Å². The lowest BCUT2D eigenvalue weighted by atomic mass is 10.2. The van der Waals surface area contributed by atoms with E-state index in [1.54, 1.807) is 55.7 Å². The molecule has 0 radical (unpaired) electrons. The third-order valence-electron chi connectivity index (χ3n) is 3.88. The van der Waals surface area contributed by atoms with Crippen LogP contribution >= 0.6 is 24.0 Å². The van der Waals surface area contributed by atoms with E-state index in [2.05, 4.69) is 0 Å². The molecular weight excluding hydrogens is 398 g/mol. The minimum Gasteiger partial charge on any atom is -0.497 e. The zero-order valence-electron chi connectivity index (χ0n) is 15.0. The molecule has 2 aromatic carbocycles. The molecule has 1 aliphatic heterocycles. The summed E-state index contributed by atoms with van der Waals surface area (Å²) in [4.78, 5) is 25.5. The molecule has 1 N–H and O–H groups in total. The Hall–Kier alpha value is -2.84. The average molecular weight is 415 g/mol. The summed E-state index contributed by atoms with van der Waals surface area (Å²) in [5, 5.41) is 8.76. The number of hydrogen-bond acceptors (Lipinski definition) is 6. The SMILES string of the molecule is COc1cccc(N2C(=O)/C(=C\c3ccccc3OCCC(=O)O)SC2=S)c1. The fourth-order valence-corrected chi connectivity index (χ4v) is 3.85. The Morgan fingerprint density at radius 2 is 2.04 bits per heavy atom. The zero-order valence-corrected chi connectivity index (χ0v) is 16.6. The number of methoxy groups -OCH3 is 1. The molecule has 1 saturated heterocycles. The van der Waals surface area contributed by atoms with Crippen molar-refractivity contribution in [3.8, 4) is 11.5 Å². The fourth-order valence-electron chi connectivity index (χ4n) is 2.56. The van der Waals surface area contributed by atoms with E-state index in [9.17, 15) is 9.59 Å². The van der Waals surface area contributed by atoms with Gasteiger partial charge in [0.05, 0.1) is 30.7 Å². The number of nitrogens with zero attached hydrogens (tertiary/aromatic N) is 1. The topological polar surface area (TPSA) is 76.1 Å². The van der Waals surface area contributed by atoms with Gasteiger partial charge in [0.1, 0.15) is 11.5 Å². The first-order valence-corrected chi connectivity index (χ1v) is 9.57. The number of hydrogen-bond donors (Lipinski definition) is 1. The molecule has 1 amide bonds. The number of carboxylic acids is 1. The van der Waals surface area contributed by atoms with Crippen molar-refractivity contribution in [2.75, 3.05) is 18.6 Å². The van der Waals surface area contributed by atoms with Crippen molar-refractivity contribution in [3.05, 3.63) is 59.0 Å². The molecule has 3 rings (SSSR count). The van der Waals surface area contributed by atoms with Crippen molar-refractivity contribution in [3.63, 3.8) is 0 Å². The number of thioether (sulfide) groups is 1. The molecule has 6 nitrogen and oxygen atoms in total. The highest BCUT2D eigenvalue weighted by molar-refractivity contribution is 8.27. The Balaban J connectivity index is 1.85. The Kier molecular flexibility index (Phi) is 6.33. The van der Waals surface area contributed by atoms with Crippen molar-refractivity contribution in [2.24, 2.45) is 0 Å². The van der Waals surface area contributed by atoms with Gasteiger partial charge in [-0.3, -0.25) is 14.5 Å². The lowest BCUT2D eigenvalue weighted by Gasteiger charge is -2.15. The summed E-state index contributed by atoms with van der Waals surface area (Å²) in [6.45, 7) is 0.0466.